The summed E-state index contributed by atoms with van der Waals surface area (Å²) in [6.45, 7) is 2.00. The van der Waals surface area contributed by atoms with Gasteiger partial charge in [-0.3, -0.25) is 4.79 Å². The lowest BCUT2D eigenvalue weighted by Gasteiger charge is -2.31. The SMILES string of the molecule is Cc1ccc(F)cc1C1C=CC=CC(/C(=C(/C#N)NC2CCCCCC2)N(C=O)C2CC2)C1. The lowest BCUT2D eigenvalue weighted by atomic mass is 9.85. The maximum Gasteiger partial charge on any atom is 0.214 e. The van der Waals surface area contributed by atoms with E-state index in [1.807, 2.05) is 25.1 Å². The van der Waals surface area contributed by atoms with E-state index in [9.17, 15) is 14.4 Å². The van der Waals surface area contributed by atoms with Crippen molar-refractivity contribution in [3.63, 3.8) is 0 Å². The Kier molecular flexibility index (Phi) is 7.65. The zero-order valence-corrected chi connectivity index (χ0v) is 19.5. The van der Waals surface area contributed by atoms with Gasteiger partial charge < -0.3 is 10.2 Å². The van der Waals surface area contributed by atoms with E-state index in [1.54, 1.807) is 11.0 Å². The first-order valence-electron chi connectivity index (χ1n) is 12.4. The molecule has 2 fully saturated rings. The number of allylic oxidation sites excluding steroid dienone is 5. The van der Waals surface area contributed by atoms with Crippen molar-refractivity contribution in [3.05, 3.63) is 70.8 Å². The van der Waals surface area contributed by atoms with Crippen LogP contribution in [-0.4, -0.2) is 23.4 Å². The summed E-state index contributed by atoms with van der Waals surface area (Å²) in [5.74, 6) is -0.360. The molecule has 33 heavy (non-hydrogen) atoms. The molecule has 2 unspecified atom stereocenters. The molecule has 0 heterocycles. The summed E-state index contributed by atoms with van der Waals surface area (Å²) in [4.78, 5) is 14.0. The number of amides is 1. The van der Waals surface area contributed by atoms with Crippen LogP contribution < -0.4 is 5.32 Å². The van der Waals surface area contributed by atoms with Crippen molar-refractivity contribution in [2.24, 2.45) is 5.92 Å². The first kappa shape index (κ1) is 23.3. The van der Waals surface area contributed by atoms with Crippen molar-refractivity contribution in [2.75, 3.05) is 0 Å². The van der Waals surface area contributed by atoms with Gasteiger partial charge in [0.25, 0.3) is 0 Å². The topological polar surface area (TPSA) is 56.1 Å². The van der Waals surface area contributed by atoms with E-state index in [2.05, 4.69) is 23.5 Å². The molecule has 1 aromatic carbocycles. The zero-order chi connectivity index (χ0) is 23.2. The summed E-state index contributed by atoms with van der Waals surface area (Å²) >= 11 is 0. The lowest BCUT2D eigenvalue weighted by molar-refractivity contribution is -0.117. The van der Waals surface area contributed by atoms with Crippen LogP contribution in [0.4, 0.5) is 4.39 Å². The number of carbonyl (C=O) groups excluding carboxylic acids is 1. The highest BCUT2D eigenvalue weighted by atomic mass is 19.1. The second kappa shape index (κ2) is 10.8. The molecule has 0 saturated heterocycles. The Hall–Kier alpha value is -2.87. The van der Waals surface area contributed by atoms with E-state index >= 15 is 0 Å². The predicted octanol–water partition coefficient (Wildman–Crippen LogP) is 6.02. The minimum absolute atomic E-state index is 0.00114. The van der Waals surface area contributed by atoms with Crippen molar-refractivity contribution in [2.45, 2.75) is 82.7 Å². The quantitative estimate of drug-likeness (QED) is 0.316. The van der Waals surface area contributed by atoms with Crippen LogP contribution >= 0.6 is 0 Å². The van der Waals surface area contributed by atoms with Gasteiger partial charge in [-0.05, 0) is 62.3 Å². The van der Waals surface area contributed by atoms with E-state index in [0.29, 0.717) is 12.1 Å². The average molecular weight is 448 g/mol. The van der Waals surface area contributed by atoms with Crippen molar-refractivity contribution in [1.29, 1.82) is 5.26 Å². The summed E-state index contributed by atoms with van der Waals surface area (Å²) in [5.41, 5.74) is 3.30. The fourth-order valence-corrected chi connectivity index (χ4v) is 5.26. The third-order valence-electron chi connectivity index (χ3n) is 7.20. The highest BCUT2D eigenvalue weighted by Crippen LogP contribution is 2.39. The van der Waals surface area contributed by atoms with E-state index in [-0.39, 0.29) is 29.7 Å². The second-order valence-electron chi connectivity index (χ2n) is 9.67. The van der Waals surface area contributed by atoms with Crippen LogP contribution in [0, 0.1) is 30.0 Å². The van der Waals surface area contributed by atoms with E-state index < -0.39 is 0 Å². The third-order valence-corrected chi connectivity index (χ3v) is 7.20. The molecule has 0 spiro atoms. The molecule has 0 bridgehead atoms. The lowest BCUT2D eigenvalue weighted by Crippen LogP contribution is -2.35. The molecule has 1 N–H and O–H groups in total. The van der Waals surface area contributed by atoms with Crippen molar-refractivity contribution in [1.82, 2.24) is 10.2 Å². The highest BCUT2D eigenvalue weighted by Gasteiger charge is 2.36. The number of nitrogens with one attached hydrogen (secondary N) is 1. The molecular weight excluding hydrogens is 413 g/mol. The number of aryl methyl sites for hydroxylation is 1. The van der Waals surface area contributed by atoms with Crippen LogP contribution in [0.25, 0.3) is 0 Å². The predicted molar refractivity (Wildman–Crippen MR) is 128 cm³/mol. The van der Waals surface area contributed by atoms with Crippen molar-refractivity contribution < 1.29 is 9.18 Å². The Labute approximate surface area is 196 Å². The first-order valence-corrected chi connectivity index (χ1v) is 12.4. The molecule has 2 atom stereocenters. The summed E-state index contributed by atoms with van der Waals surface area (Å²) < 4.78 is 14.1. The minimum atomic E-state index is -0.242. The zero-order valence-electron chi connectivity index (χ0n) is 19.5. The van der Waals surface area contributed by atoms with E-state index in [4.69, 9.17) is 0 Å². The minimum Gasteiger partial charge on any atom is -0.372 e. The van der Waals surface area contributed by atoms with Gasteiger partial charge in [-0.15, -0.1) is 0 Å². The molecule has 1 aromatic rings. The summed E-state index contributed by atoms with van der Waals surface area (Å²) in [7, 11) is 0. The molecule has 4 rings (SSSR count). The van der Waals surface area contributed by atoms with E-state index in [0.717, 1.165) is 48.9 Å². The molecule has 174 valence electrons. The van der Waals surface area contributed by atoms with Crippen LogP contribution in [0.5, 0.6) is 0 Å². The normalized spacial score (nSPS) is 24.3. The molecule has 0 aromatic heterocycles. The summed E-state index contributed by atoms with van der Waals surface area (Å²) in [6, 6.07) is 7.76. The fourth-order valence-electron chi connectivity index (χ4n) is 5.26. The van der Waals surface area contributed by atoms with Crippen LogP contribution in [0.1, 0.15) is 74.8 Å². The highest BCUT2D eigenvalue weighted by molar-refractivity contribution is 5.55. The smallest absolute Gasteiger partial charge is 0.214 e. The van der Waals surface area contributed by atoms with Gasteiger partial charge in [0.1, 0.15) is 17.6 Å². The molecule has 5 heteroatoms. The van der Waals surface area contributed by atoms with Crippen LogP contribution in [0.3, 0.4) is 0 Å². The number of halogens is 1. The van der Waals surface area contributed by atoms with Gasteiger partial charge in [-0.1, -0.05) is 56.1 Å². The Morgan fingerprint density at radius 2 is 1.85 bits per heavy atom. The monoisotopic (exact) mass is 447 g/mol. The molecular formula is C28H34FN3O. The van der Waals surface area contributed by atoms with Gasteiger partial charge in [0.05, 0.1) is 5.70 Å². The molecule has 0 aliphatic heterocycles. The Bertz CT molecular complexity index is 977. The number of nitriles is 1. The van der Waals surface area contributed by atoms with Gasteiger partial charge in [0.15, 0.2) is 0 Å². The van der Waals surface area contributed by atoms with Crippen LogP contribution in [-0.2, 0) is 4.79 Å². The van der Waals surface area contributed by atoms with Crippen molar-refractivity contribution in [3.8, 4) is 6.07 Å². The number of hydrogen-bond acceptors (Lipinski definition) is 3. The largest absolute Gasteiger partial charge is 0.372 e. The van der Waals surface area contributed by atoms with Crippen LogP contribution in [0.15, 0.2) is 53.9 Å². The fraction of sp³-hybridized carbons (Fsp3) is 0.500. The Morgan fingerprint density at radius 1 is 1.12 bits per heavy atom. The second-order valence-corrected chi connectivity index (χ2v) is 9.67. The maximum atomic E-state index is 14.1. The number of hydrogen-bond donors (Lipinski definition) is 1. The van der Waals surface area contributed by atoms with Gasteiger partial charge >= 0.3 is 0 Å². The summed E-state index contributed by atoms with van der Waals surface area (Å²) in [5, 5.41) is 13.7. The molecule has 1 amide bonds. The standard InChI is InChI=1S/C28H34FN3O/c1-20-12-13-23(29)17-26(20)21-8-6-7-9-22(16-21)28(32(19-33)25-14-15-25)27(18-30)31-24-10-4-2-3-5-11-24/h6-9,12-13,17,19,21-22,24-25,31H,2-5,10-11,14-16H2,1H3/b28-27+. The van der Waals surface area contributed by atoms with Crippen molar-refractivity contribution >= 4 is 6.41 Å². The van der Waals surface area contributed by atoms with E-state index in [1.165, 1.54) is 31.7 Å². The third kappa shape index (κ3) is 5.74. The van der Waals surface area contributed by atoms with Gasteiger partial charge in [0, 0.05) is 23.9 Å². The van der Waals surface area contributed by atoms with Gasteiger partial charge in [0.2, 0.25) is 6.41 Å². The molecule has 3 aliphatic carbocycles. The number of rotatable bonds is 7. The van der Waals surface area contributed by atoms with Gasteiger partial charge in [-0.2, -0.15) is 5.26 Å². The number of carbonyl (C=O) groups is 1. The molecule has 0 radical (unpaired) electrons. The Balaban J connectivity index is 1.69. The summed E-state index contributed by atoms with van der Waals surface area (Å²) in [6.07, 6.45) is 18.6. The maximum absolute atomic E-state index is 14.1. The molecule has 2 saturated carbocycles. The number of nitrogens with zero attached hydrogens (tertiary/aromatic N) is 2. The number of benzene rings is 1. The van der Waals surface area contributed by atoms with Gasteiger partial charge in [-0.25, -0.2) is 4.39 Å². The average Bonchev–Trinajstić information content (AvgIpc) is 3.67. The first-order chi connectivity index (χ1) is 16.1. The van der Waals surface area contributed by atoms with Crippen LogP contribution in [0.2, 0.25) is 0 Å². The Morgan fingerprint density at radius 3 is 2.52 bits per heavy atom. The molecule has 4 nitrogen and oxygen atoms in total. The molecule has 3 aliphatic rings.